The SMILES string of the molecule is CCCSc1nc(SCC(=O)Nc2cccc(Cl)c2)c2c3c(sc2n1)CO[C@@](C)(CC)C3. The third-order valence-electron chi connectivity index (χ3n) is 5.41. The summed E-state index contributed by atoms with van der Waals surface area (Å²) in [5, 5.41) is 6.26. The number of hydrogen-bond donors (Lipinski definition) is 1. The predicted molar refractivity (Wildman–Crippen MR) is 136 cm³/mol. The van der Waals surface area contributed by atoms with Crippen LogP contribution in [-0.2, 0) is 22.6 Å². The van der Waals surface area contributed by atoms with Gasteiger partial charge in [-0.15, -0.1) is 11.3 Å². The molecule has 0 saturated heterocycles. The number of halogens is 1. The molecule has 1 aliphatic heterocycles. The maximum Gasteiger partial charge on any atom is 0.234 e. The van der Waals surface area contributed by atoms with Crippen molar-refractivity contribution in [1.82, 2.24) is 9.97 Å². The van der Waals surface area contributed by atoms with Gasteiger partial charge in [0.1, 0.15) is 9.86 Å². The lowest BCUT2D eigenvalue weighted by molar-refractivity contribution is -0.113. The fraction of sp³-hybridized carbons (Fsp3) is 0.435. The van der Waals surface area contributed by atoms with E-state index in [-0.39, 0.29) is 17.3 Å². The molecule has 1 aliphatic rings. The smallest absolute Gasteiger partial charge is 0.234 e. The molecule has 0 fully saturated rings. The predicted octanol–water partition coefficient (Wildman–Crippen LogP) is 6.82. The van der Waals surface area contributed by atoms with Crippen molar-refractivity contribution in [3.63, 3.8) is 0 Å². The van der Waals surface area contributed by atoms with E-state index < -0.39 is 0 Å². The Labute approximate surface area is 206 Å². The van der Waals surface area contributed by atoms with Crippen LogP contribution in [0.15, 0.2) is 34.4 Å². The molecular formula is C23H26ClN3O2S3. The Morgan fingerprint density at radius 3 is 2.91 bits per heavy atom. The van der Waals surface area contributed by atoms with Gasteiger partial charge in [-0.3, -0.25) is 4.79 Å². The molecule has 1 amide bonds. The van der Waals surface area contributed by atoms with Crippen molar-refractivity contribution in [3.8, 4) is 0 Å². The Hall–Kier alpha value is -1.32. The molecule has 1 aromatic carbocycles. The average molecular weight is 508 g/mol. The first-order valence-corrected chi connectivity index (χ1v) is 13.8. The fourth-order valence-corrected chi connectivity index (χ4v) is 6.53. The molecule has 2 aromatic heterocycles. The van der Waals surface area contributed by atoms with Gasteiger partial charge in [-0.25, -0.2) is 9.97 Å². The maximum atomic E-state index is 12.6. The number of thiophene rings is 1. The lowest BCUT2D eigenvalue weighted by Gasteiger charge is -2.33. The van der Waals surface area contributed by atoms with Crippen LogP contribution in [0.5, 0.6) is 0 Å². The second kappa shape index (κ2) is 10.3. The van der Waals surface area contributed by atoms with E-state index in [0.29, 0.717) is 17.3 Å². The van der Waals surface area contributed by atoms with Crippen molar-refractivity contribution in [2.24, 2.45) is 0 Å². The number of carbonyl (C=O) groups excluding carboxylic acids is 1. The molecule has 0 unspecified atom stereocenters. The minimum atomic E-state index is -0.178. The van der Waals surface area contributed by atoms with Gasteiger partial charge in [0.25, 0.3) is 0 Å². The standard InChI is InChI=1S/C23H26ClN3O2S3/c1-4-9-30-22-26-20(31-13-18(28)25-15-8-6-7-14(24)10-15)19-16-11-23(3,5-2)29-12-17(16)32-21(19)27-22/h6-8,10H,4-5,9,11-13H2,1-3H3,(H,25,28)/t23-/m0/s1. The van der Waals surface area contributed by atoms with Crippen molar-refractivity contribution < 1.29 is 9.53 Å². The van der Waals surface area contributed by atoms with Gasteiger partial charge < -0.3 is 10.1 Å². The Bertz CT molecular complexity index is 1140. The van der Waals surface area contributed by atoms with Crippen LogP contribution in [0.4, 0.5) is 5.69 Å². The minimum Gasteiger partial charge on any atom is -0.369 e. The number of nitrogens with zero attached hydrogens (tertiary/aromatic N) is 2. The van der Waals surface area contributed by atoms with Crippen molar-refractivity contribution in [2.75, 3.05) is 16.8 Å². The summed E-state index contributed by atoms with van der Waals surface area (Å²) in [6.45, 7) is 7.08. The van der Waals surface area contributed by atoms with Gasteiger partial charge in [0.2, 0.25) is 5.91 Å². The van der Waals surface area contributed by atoms with E-state index in [1.807, 2.05) is 12.1 Å². The highest BCUT2D eigenvalue weighted by molar-refractivity contribution is 8.00. The first-order valence-electron chi connectivity index (χ1n) is 10.7. The van der Waals surface area contributed by atoms with Gasteiger partial charge in [0.05, 0.1) is 18.0 Å². The normalized spacial score (nSPS) is 18.0. The highest BCUT2D eigenvalue weighted by Gasteiger charge is 2.33. The lowest BCUT2D eigenvalue weighted by atomic mass is 9.90. The summed E-state index contributed by atoms with van der Waals surface area (Å²) < 4.78 is 6.16. The third-order valence-corrected chi connectivity index (χ3v) is 8.78. The van der Waals surface area contributed by atoms with E-state index in [2.05, 4.69) is 26.1 Å². The fourth-order valence-electron chi connectivity index (χ4n) is 3.51. The minimum absolute atomic E-state index is 0.0855. The zero-order valence-electron chi connectivity index (χ0n) is 18.4. The second-order valence-corrected chi connectivity index (χ2v) is 11.5. The largest absolute Gasteiger partial charge is 0.369 e. The van der Waals surface area contributed by atoms with Crippen molar-refractivity contribution in [1.29, 1.82) is 0 Å². The van der Waals surface area contributed by atoms with Crippen molar-refractivity contribution in [3.05, 3.63) is 39.7 Å². The quantitative estimate of drug-likeness (QED) is 0.205. The van der Waals surface area contributed by atoms with Gasteiger partial charge in [0, 0.05) is 33.1 Å². The van der Waals surface area contributed by atoms with Gasteiger partial charge in [-0.1, -0.05) is 55.0 Å². The number of rotatable bonds is 8. The molecule has 5 nitrogen and oxygen atoms in total. The summed E-state index contributed by atoms with van der Waals surface area (Å²) in [6.07, 6.45) is 2.84. The number of ether oxygens (including phenoxy) is 1. The summed E-state index contributed by atoms with van der Waals surface area (Å²) in [6, 6.07) is 7.18. The number of fused-ring (bicyclic) bond motifs is 3. The molecule has 1 N–H and O–H groups in total. The topological polar surface area (TPSA) is 64.1 Å². The monoisotopic (exact) mass is 507 g/mol. The molecule has 1 atom stereocenters. The Morgan fingerprint density at radius 1 is 1.31 bits per heavy atom. The first kappa shape index (κ1) is 23.8. The van der Waals surface area contributed by atoms with Crippen LogP contribution in [-0.4, -0.2) is 33.0 Å². The Kier molecular flexibility index (Phi) is 7.67. The number of amides is 1. The van der Waals surface area contributed by atoms with E-state index in [1.54, 1.807) is 35.2 Å². The van der Waals surface area contributed by atoms with Gasteiger partial charge in [-0.05, 0) is 43.5 Å². The molecule has 4 rings (SSSR count). The summed E-state index contributed by atoms with van der Waals surface area (Å²) in [5.74, 6) is 1.15. The molecule has 0 spiro atoms. The van der Waals surface area contributed by atoms with Crippen LogP contribution in [0.2, 0.25) is 5.02 Å². The van der Waals surface area contributed by atoms with Gasteiger partial charge in [-0.2, -0.15) is 0 Å². The zero-order chi connectivity index (χ0) is 22.7. The van der Waals surface area contributed by atoms with Crippen LogP contribution in [0.25, 0.3) is 10.2 Å². The van der Waals surface area contributed by atoms with E-state index in [0.717, 1.165) is 45.4 Å². The van der Waals surface area contributed by atoms with Crippen molar-refractivity contribution in [2.45, 2.75) is 62.4 Å². The van der Waals surface area contributed by atoms with E-state index in [4.69, 9.17) is 26.3 Å². The Balaban J connectivity index is 1.62. The number of hydrogen-bond acceptors (Lipinski definition) is 7. The first-order chi connectivity index (χ1) is 15.4. The lowest BCUT2D eigenvalue weighted by Crippen LogP contribution is -2.33. The van der Waals surface area contributed by atoms with E-state index in [9.17, 15) is 4.79 Å². The molecule has 0 aliphatic carbocycles. The number of benzene rings is 1. The number of anilines is 1. The van der Waals surface area contributed by atoms with Crippen LogP contribution in [0.1, 0.15) is 44.1 Å². The number of thioether (sulfide) groups is 2. The van der Waals surface area contributed by atoms with Gasteiger partial charge >= 0.3 is 0 Å². The van der Waals surface area contributed by atoms with E-state index >= 15 is 0 Å². The second-order valence-electron chi connectivity index (χ2n) is 7.96. The molecule has 0 bridgehead atoms. The molecule has 170 valence electrons. The molecule has 3 heterocycles. The number of aromatic nitrogens is 2. The highest BCUT2D eigenvalue weighted by atomic mass is 35.5. The van der Waals surface area contributed by atoms with Gasteiger partial charge in [0.15, 0.2) is 5.16 Å². The molecule has 9 heteroatoms. The molecule has 0 radical (unpaired) electrons. The molecule has 32 heavy (non-hydrogen) atoms. The van der Waals surface area contributed by atoms with Crippen LogP contribution < -0.4 is 5.32 Å². The summed E-state index contributed by atoms with van der Waals surface area (Å²) >= 11 is 10.9. The van der Waals surface area contributed by atoms with Crippen LogP contribution >= 0.6 is 46.5 Å². The molecule has 3 aromatic rings. The molecular weight excluding hydrogens is 482 g/mol. The average Bonchev–Trinajstić information content (AvgIpc) is 3.13. The van der Waals surface area contributed by atoms with Crippen LogP contribution in [0.3, 0.4) is 0 Å². The van der Waals surface area contributed by atoms with Crippen molar-refractivity contribution >= 4 is 68.3 Å². The summed E-state index contributed by atoms with van der Waals surface area (Å²) in [7, 11) is 0. The number of nitrogens with one attached hydrogen (secondary N) is 1. The van der Waals surface area contributed by atoms with Crippen LogP contribution in [0, 0.1) is 0 Å². The maximum absolute atomic E-state index is 12.6. The molecule has 0 saturated carbocycles. The summed E-state index contributed by atoms with van der Waals surface area (Å²) in [4.78, 5) is 24.5. The zero-order valence-corrected chi connectivity index (χ0v) is 21.6. The van der Waals surface area contributed by atoms with E-state index in [1.165, 1.54) is 22.2 Å². The Morgan fingerprint density at radius 2 is 2.16 bits per heavy atom. The summed E-state index contributed by atoms with van der Waals surface area (Å²) in [5.41, 5.74) is 1.80. The third kappa shape index (κ3) is 5.42. The highest BCUT2D eigenvalue weighted by Crippen LogP contribution is 2.43. The number of carbonyl (C=O) groups is 1.